The number of aryl methyl sites for hydroxylation is 1. The van der Waals surface area contributed by atoms with Crippen molar-refractivity contribution in [2.75, 3.05) is 27.4 Å². The number of hydrogen-bond acceptors (Lipinski definition) is 10. The van der Waals surface area contributed by atoms with E-state index in [0.717, 1.165) is 16.7 Å². The van der Waals surface area contributed by atoms with E-state index in [1.54, 1.807) is 25.8 Å². The predicted molar refractivity (Wildman–Crippen MR) is 202 cm³/mol. The van der Waals surface area contributed by atoms with Crippen molar-refractivity contribution in [2.45, 2.75) is 70.4 Å². The minimum absolute atomic E-state index is 0.0849. The van der Waals surface area contributed by atoms with Gasteiger partial charge in [0.05, 0.1) is 33.5 Å². The summed E-state index contributed by atoms with van der Waals surface area (Å²) in [5, 5.41) is 9.86. The Morgan fingerprint density at radius 2 is 1.55 bits per heavy atom. The molecule has 1 fully saturated rings. The third-order valence-electron chi connectivity index (χ3n) is 10.4. The number of benzene rings is 3. The Bertz CT molecular complexity index is 1900. The molecule has 0 saturated carbocycles. The summed E-state index contributed by atoms with van der Waals surface area (Å²) < 4.78 is 27.8. The van der Waals surface area contributed by atoms with E-state index in [1.165, 1.54) is 10.8 Å². The zero-order chi connectivity index (χ0) is 38.3. The molecular weight excluding hydrogens is 695 g/mol. The van der Waals surface area contributed by atoms with Crippen molar-refractivity contribution in [1.29, 1.82) is 5.26 Å². The molecule has 0 spiro atoms. The Hall–Kier alpha value is -4.34. The fourth-order valence-electron chi connectivity index (χ4n) is 7.80. The first kappa shape index (κ1) is 39.9. The van der Waals surface area contributed by atoms with Crippen LogP contribution < -0.4 is 20.7 Å². The third kappa shape index (κ3) is 8.26. The van der Waals surface area contributed by atoms with E-state index in [1.807, 2.05) is 99.6 Å². The quantitative estimate of drug-likeness (QED) is 0.0917. The molecule has 13 heteroatoms. The van der Waals surface area contributed by atoms with E-state index >= 15 is 0 Å². The molecule has 5 rings (SSSR count). The fourth-order valence-corrected chi connectivity index (χ4v) is 8.87. The SMILES string of the molecule is COc1ccc(C(OCC(C2COC(n3cc(C)c(=O)[nH]c3=O)C2)C(C)(CCC#N)N(C(C)C)P(O)O)(c2ccccc2)c2ccc(OC)cc2)cc1. The lowest BCUT2D eigenvalue weighted by molar-refractivity contribution is -0.0649. The van der Waals surface area contributed by atoms with Crippen LogP contribution >= 0.6 is 8.53 Å². The highest BCUT2D eigenvalue weighted by Gasteiger charge is 2.51. The molecule has 1 aliphatic heterocycles. The van der Waals surface area contributed by atoms with Crippen molar-refractivity contribution in [3.8, 4) is 17.6 Å². The number of nitrogens with one attached hydrogen (secondary N) is 1. The first-order valence-corrected chi connectivity index (χ1v) is 18.9. The summed E-state index contributed by atoms with van der Waals surface area (Å²) in [6.45, 7) is 7.67. The van der Waals surface area contributed by atoms with Crippen LogP contribution in [0.25, 0.3) is 0 Å². The maximum atomic E-state index is 13.0. The molecule has 1 aromatic heterocycles. The largest absolute Gasteiger partial charge is 0.497 e. The van der Waals surface area contributed by atoms with E-state index in [-0.39, 0.29) is 31.6 Å². The number of aromatic nitrogens is 2. The van der Waals surface area contributed by atoms with Crippen molar-refractivity contribution in [1.82, 2.24) is 14.2 Å². The van der Waals surface area contributed by atoms with Gasteiger partial charge in [-0.1, -0.05) is 54.6 Å². The van der Waals surface area contributed by atoms with Crippen molar-refractivity contribution in [3.05, 3.63) is 128 Å². The first-order valence-electron chi connectivity index (χ1n) is 17.7. The molecule has 1 aliphatic rings. The molecule has 0 radical (unpaired) electrons. The van der Waals surface area contributed by atoms with Crippen LogP contribution in [0.1, 0.15) is 68.5 Å². The monoisotopic (exact) mass is 744 g/mol. The Labute approximate surface area is 311 Å². The van der Waals surface area contributed by atoms with E-state index in [2.05, 4.69) is 11.1 Å². The molecule has 4 atom stereocenters. The van der Waals surface area contributed by atoms with Gasteiger partial charge in [0.25, 0.3) is 14.1 Å². The van der Waals surface area contributed by atoms with Crippen LogP contribution in [0.2, 0.25) is 0 Å². The number of nitriles is 1. The average Bonchev–Trinajstić information content (AvgIpc) is 3.63. The van der Waals surface area contributed by atoms with E-state index < -0.39 is 43.1 Å². The minimum atomic E-state index is -2.60. The van der Waals surface area contributed by atoms with E-state index in [0.29, 0.717) is 29.9 Å². The number of aromatic amines is 1. The molecule has 4 unspecified atom stereocenters. The van der Waals surface area contributed by atoms with Gasteiger partial charge in [-0.2, -0.15) is 5.26 Å². The van der Waals surface area contributed by atoms with Crippen molar-refractivity contribution in [3.63, 3.8) is 0 Å². The predicted octanol–water partition coefficient (Wildman–Crippen LogP) is 6.01. The standard InChI is InChI=1S/C40H49N4O8P/c1-27(2)44(53(47)48)39(4,21-10-22-41)35(29-23-36(51-25-29)43-24-28(3)37(45)42-38(43)46)26-52-40(30-11-8-7-9-12-30,31-13-17-33(49-5)18-14-31)32-15-19-34(50-6)20-16-32/h7-9,11-20,24,27,29,35-36,47-48H,10,21,23,25-26H2,1-6H3,(H,42,45,46). The molecule has 53 heavy (non-hydrogen) atoms. The van der Waals surface area contributed by atoms with Crippen molar-refractivity contribution < 1.29 is 28.7 Å². The molecule has 0 aliphatic carbocycles. The molecule has 2 heterocycles. The zero-order valence-electron chi connectivity index (χ0n) is 31.1. The minimum Gasteiger partial charge on any atom is -0.497 e. The molecule has 0 bridgehead atoms. The van der Waals surface area contributed by atoms with Gasteiger partial charge in [-0.25, -0.2) is 9.46 Å². The number of hydrogen-bond donors (Lipinski definition) is 3. The summed E-state index contributed by atoms with van der Waals surface area (Å²) in [7, 11) is 0.629. The van der Waals surface area contributed by atoms with Crippen LogP contribution in [0.5, 0.6) is 11.5 Å². The summed E-state index contributed by atoms with van der Waals surface area (Å²) in [6, 6.07) is 27.3. The van der Waals surface area contributed by atoms with Gasteiger partial charge in [0.2, 0.25) is 0 Å². The maximum absolute atomic E-state index is 13.0. The lowest BCUT2D eigenvalue weighted by Gasteiger charge is -2.51. The molecule has 282 valence electrons. The van der Waals surface area contributed by atoms with Gasteiger partial charge in [0.15, 0.2) is 0 Å². The Balaban J connectivity index is 1.70. The Morgan fingerprint density at radius 1 is 0.981 bits per heavy atom. The van der Waals surface area contributed by atoms with Gasteiger partial charge in [-0.15, -0.1) is 0 Å². The van der Waals surface area contributed by atoms with Gasteiger partial charge in [0, 0.05) is 35.7 Å². The van der Waals surface area contributed by atoms with Crippen LogP contribution in [0, 0.1) is 30.1 Å². The van der Waals surface area contributed by atoms with Gasteiger partial charge in [-0.3, -0.25) is 14.3 Å². The van der Waals surface area contributed by atoms with E-state index in [9.17, 15) is 24.6 Å². The molecule has 1 saturated heterocycles. The van der Waals surface area contributed by atoms with E-state index in [4.69, 9.17) is 18.9 Å². The molecule has 3 N–H and O–H groups in total. The normalized spacial score (nSPS) is 17.8. The first-order chi connectivity index (χ1) is 25.4. The van der Waals surface area contributed by atoms with Gasteiger partial charge in [0.1, 0.15) is 23.3 Å². The average molecular weight is 745 g/mol. The smallest absolute Gasteiger partial charge is 0.330 e. The van der Waals surface area contributed by atoms with Crippen molar-refractivity contribution in [2.24, 2.45) is 11.8 Å². The highest BCUT2D eigenvalue weighted by Crippen LogP contribution is 2.51. The second-order valence-corrected chi connectivity index (χ2v) is 14.9. The van der Waals surface area contributed by atoms with Gasteiger partial charge in [-0.05, 0) is 87.4 Å². The van der Waals surface area contributed by atoms with Crippen LogP contribution in [0.4, 0.5) is 0 Å². The van der Waals surface area contributed by atoms with Crippen LogP contribution in [0.3, 0.4) is 0 Å². The van der Waals surface area contributed by atoms with Gasteiger partial charge < -0.3 is 28.7 Å². The molecule has 4 aromatic rings. The number of H-pyrrole nitrogens is 1. The Kier molecular flexibility index (Phi) is 12.9. The summed E-state index contributed by atoms with van der Waals surface area (Å²) in [5.41, 5.74) is -0.313. The summed E-state index contributed by atoms with van der Waals surface area (Å²) in [4.78, 5) is 49.5. The molecule has 0 amide bonds. The highest BCUT2D eigenvalue weighted by molar-refractivity contribution is 7.42. The summed E-state index contributed by atoms with van der Waals surface area (Å²) in [5.74, 6) is 0.619. The summed E-state index contributed by atoms with van der Waals surface area (Å²) in [6.07, 6.45) is 1.63. The molecular formula is C40H49N4O8P. The second kappa shape index (κ2) is 17.2. The van der Waals surface area contributed by atoms with Crippen LogP contribution in [0.15, 0.2) is 94.6 Å². The number of rotatable bonds is 16. The second-order valence-electron chi connectivity index (χ2n) is 13.9. The molecule has 3 aromatic carbocycles. The lowest BCUT2D eigenvalue weighted by atomic mass is 9.73. The fraction of sp³-hybridized carbons (Fsp3) is 0.425. The maximum Gasteiger partial charge on any atom is 0.330 e. The number of nitrogens with zero attached hydrogens (tertiary/aromatic N) is 3. The Morgan fingerprint density at radius 3 is 2.06 bits per heavy atom. The number of methoxy groups -OCH3 is 2. The van der Waals surface area contributed by atoms with Crippen LogP contribution in [-0.4, -0.2) is 63.0 Å². The lowest BCUT2D eigenvalue weighted by Crippen LogP contribution is -2.56. The van der Waals surface area contributed by atoms with Gasteiger partial charge >= 0.3 is 5.69 Å². The van der Waals surface area contributed by atoms with Crippen LogP contribution in [-0.2, 0) is 15.1 Å². The topological polar surface area (TPSA) is 159 Å². The van der Waals surface area contributed by atoms with Crippen molar-refractivity contribution >= 4 is 8.53 Å². The number of ether oxygens (including phenoxy) is 4. The third-order valence-corrected chi connectivity index (χ3v) is 11.7. The summed E-state index contributed by atoms with van der Waals surface area (Å²) >= 11 is 0. The zero-order valence-corrected chi connectivity index (χ0v) is 32.0. The molecule has 12 nitrogen and oxygen atoms in total. The highest BCUT2D eigenvalue weighted by atomic mass is 31.2.